The Kier molecular flexibility index (Phi) is 45.0. The van der Waals surface area contributed by atoms with E-state index in [9.17, 15) is 103 Å². The molecule has 768 valence electrons. The molecule has 0 spiro atoms. The number of thioether (sulfide) groups is 1. The van der Waals surface area contributed by atoms with Gasteiger partial charge in [-0.05, 0) is 128 Å². The van der Waals surface area contributed by atoms with Crippen LogP contribution in [0.15, 0.2) is 103 Å². The number of carbonyl (C=O) groups is 18. The number of aromatic nitrogens is 1. The summed E-state index contributed by atoms with van der Waals surface area (Å²) in [6.45, 7) is 0.712. The number of hydrogen-bond donors (Lipinski definition) is 31. The molecule has 0 bridgehead atoms. The van der Waals surface area contributed by atoms with E-state index in [1.165, 1.54) is 79.0 Å². The maximum atomic E-state index is 15.2. The van der Waals surface area contributed by atoms with Gasteiger partial charge < -0.3 is 159 Å². The van der Waals surface area contributed by atoms with E-state index in [1.54, 1.807) is 52.0 Å². The number of aliphatic hydroxyl groups excluding tert-OH is 4. The minimum absolute atomic E-state index is 0.0433. The molecule has 18 amide bonds. The monoisotopic (exact) mass is 1990 g/mol. The molecule has 35 N–H and O–H groups in total. The highest BCUT2D eigenvalue weighted by molar-refractivity contribution is 8.00. The lowest BCUT2D eigenvalue weighted by Crippen LogP contribution is -2.62. The van der Waals surface area contributed by atoms with Crippen LogP contribution in [0, 0.1) is 22.7 Å². The van der Waals surface area contributed by atoms with Crippen LogP contribution in [0.3, 0.4) is 0 Å². The first kappa shape index (κ1) is 113. The Morgan fingerprint density at radius 1 is 0.426 bits per heavy atom. The quantitative estimate of drug-likeness (QED) is 0.0132. The van der Waals surface area contributed by atoms with E-state index in [0.717, 1.165) is 4.90 Å². The number of phenolic OH excluding ortho intramolecular Hbond substituents is 3. The van der Waals surface area contributed by atoms with Gasteiger partial charge in [0.15, 0.2) is 11.9 Å². The predicted octanol–water partition coefficient (Wildman–Crippen LogP) is -8.85. The van der Waals surface area contributed by atoms with Gasteiger partial charge in [0, 0.05) is 68.2 Å². The van der Waals surface area contributed by atoms with Gasteiger partial charge in [0.25, 0.3) is 0 Å². The van der Waals surface area contributed by atoms with Crippen LogP contribution in [0.2, 0.25) is 0 Å². The lowest BCUT2D eigenvalue weighted by molar-refractivity contribution is -0.140. The molecule has 4 aromatic carbocycles. The van der Waals surface area contributed by atoms with Crippen LogP contribution in [-0.4, -0.2) is 319 Å². The molecule has 2 aliphatic rings. The zero-order chi connectivity index (χ0) is 104. The molecule has 1 aromatic heterocycles. The number of phenols is 3. The molecule has 2 saturated heterocycles. The van der Waals surface area contributed by atoms with E-state index in [0.29, 0.717) is 33.8 Å². The summed E-state index contributed by atoms with van der Waals surface area (Å²) >= 11 is 0.657. The van der Waals surface area contributed by atoms with E-state index in [4.69, 9.17) is 33.8 Å². The van der Waals surface area contributed by atoms with Gasteiger partial charge in [0.1, 0.15) is 108 Å². The molecule has 0 saturated carbocycles. The fraction of sp³-hybridized carbons (Fsp3) is 0.489. The average molecular weight is 1990 g/mol. The molecule has 2 aliphatic heterocycles. The van der Waals surface area contributed by atoms with Gasteiger partial charge in [-0.3, -0.25) is 97.1 Å². The Labute approximate surface area is 813 Å². The lowest BCUT2D eigenvalue weighted by atomic mass is 10.00. The summed E-state index contributed by atoms with van der Waals surface area (Å²) in [4.78, 5) is 262. The zero-order valence-electron chi connectivity index (χ0n) is 78.0. The van der Waals surface area contributed by atoms with Crippen LogP contribution in [0.25, 0.3) is 10.9 Å². The lowest BCUT2D eigenvalue weighted by Gasteiger charge is -2.29. The second-order valence-electron chi connectivity index (χ2n) is 34.6. The maximum absolute atomic E-state index is 15.2. The number of benzene rings is 4. The van der Waals surface area contributed by atoms with E-state index < -0.39 is 284 Å². The van der Waals surface area contributed by atoms with Crippen LogP contribution >= 0.6 is 11.8 Å². The molecule has 3 heterocycles. The number of carbonyl (C=O) groups excluding carboxylic acids is 18. The second-order valence-corrected chi connectivity index (χ2v) is 35.6. The zero-order valence-corrected chi connectivity index (χ0v) is 78.9. The predicted molar refractivity (Wildman–Crippen MR) is 508 cm³/mol. The summed E-state index contributed by atoms with van der Waals surface area (Å²) in [6.07, 6.45) is -2.00. The molecule has 2 fully saturated rings. The van der Waals surface area contributed by atoms with E-state index >= 15 is 19.2 Å². The smallest absolute Gasteiger partial charge is 0.245 e. The third kappa shape index (κ3) is 37.0. The molecule has 0 aliphatic carbocycles. The number of aromatic amines is 1. The number of nitrogens with zero attached hydrogens (tertiary/aromatic N) is 1. The number of primary amides is 2. The molecular weight excluding hydrogens is 1860 g/mol. The second kappa shape index (κ2) is 56.2. The summed E-state index contributed by atoms with van der Waals surface area (Å²) < 4.78 is 0. The van der Waals surface area contributed by atoms with E-state index in [2.05, 4.69) is 95.4 Å². The summed E-state index contributed by atoms with van der Waals surface area (Å²) in [7, 11) is 0. The fourth-order valence-corrected chi connectivity index (χ4v) is 16.0. The first-order valence-corrected chi connectivity index (χ1v) is 46.6. The van der Waals surface area contributed by atoms with Gasteiger partial charge >= 0.3 is 0 Å². The van der Waals surface area contributed by atoms with Crippen LogP contribution in [0.4, 0.5) is 0 Å². The van der Waals surface area contributed by atoms with Crippen molar-refractivity contribution in [3.8, 4) is 17.2 Å². The molecule has 7 rings (SSSR count). The third-order valence-corrected chi connectivity index (χ3v) is 23.5. The highest BCUT2D eigenvalue weighted by Crippen LogP contribution is 2.24. The van der Waals surface area contributed by atoms with Gasteiger partial charge in [0.2, 0.25) is 106 Å². The Balaban J connectivity index is 1.27. The molecule has 50 nitrogen and oxygen atoms in total. The normalized spacial score (nSPS) is 23.9. The number of aromatic hydroxyl groups is 3. The molecule has 0 unspecified atom stereocenters. The van der Waals surface area contributed by atoms with Gasteiger partial charge in [0.05, 0.1) is 45.1 Å². The van der Waals surface area contributed by atoms with Crippen molar-refractivity contribution in [3.05, 3.63) is 126 Å². The van der Waals surface area contributed by atoms with Crippen molar-refractivity contribution in [3.63, 3.8) is 0 Å². The topological polar surface area (TPSA) is 824 Å². The van der Waals surface area contributed by atoms with E-state index in [1.807, 2.05) is 0 Å². The minimum Gasteiger partial charge on any atom is -0.508 e. The minimum atomic E-state index is -1.96. The fourth-order valence-electron chi connectivity index (χ4n) is 15.1. The summed E-state index contributed by atoms with van der Waals surface area (Å²) in [5, 5.41) is 132. The Bertz CT molecular complexity index is 5230. The van der Waals surface area contributed by atoms with Crippen molar-refractivity contribution in [2.75, 3.05) is 64.1 Å². The number of amides is 18. The number of rotatable bonds is 27. The van der Waals surface area contributed by atoms with Crippen molar-refractivity contribution in [2.24, 2.45) is 34.8 Å². The molecule has 141 heavy (non-hydrogen) atoms. The Hall–Kier alpha value is -15.0. The number of H-pyrrole nitrogens is 1. The Morgan fingerprint density at radius 3 is 1.17 bits per heavy atom. The first-order valence-electron chi connectivity index (χ1n) is 45.4. The maximum Gasteiger partial charge on any atom is 0.245 e. The van der Waals surface area contributed by atoms with Gasteiger partial charge in [-0.25, -0.2) is 0 Å². The van der Waals surface area contributed by atoms with Crippen LogP contribution in [0.1, 0.15) is 108 Å². The van der Waals surface area contributed by atoms with Crippen molar-refractivity contribution in [2.45, 2.75) is 202 Å². The number of hydrogen-bond acceptors (Lipinski definition) is 28. The molecule has 5 aromatic rings. The van der Waals surface area contributed by atoms with Crippen LogP contribution in [-0.2, 0) is 112 Å². The summed E-state index contributed by atoms with van der Waals surface area (Å²) in [5.41, 5.74) is 24.3. The third-order valence-electron chi connectivity index (χ3n) is 22.5. The number of aliphatic hydroxyl groups is 4. The largest absolute Gasteiger partial charge is 0.508 e. The van der Waals surface area contributed by atoms with Gasteiger partial charge in [-0.15, -0.1) is 11.8 Å². The number of para-hydroxylation sites is 1. The van der Waals surface area contributed by atoms with Crippen molar-refractivity contribution in [1.29, 1.82) is 10.8 Å². The number of nitrogens with two attached hydrogens (primary N) is 4. The molecule has 0 radical (unpaired) electrons. The average Bonchev–Trinajstić information content (AvgIpc) is 1.68. The van der Waals surface area contributed by atoms with Gasteiger partial charge in [-0.2, -0.15) is 0 Å². The van der Waals surface area contributed by atoms with Crippen LogP contribution < -0.4 is 113 Å². The molecule has 51 heteroatoms. The number of guanidine groups is 2. The summed E-state index contributed by atoms with van der Waals surface area (Å²) in [6, 6.07) is -3.55. The van der Waals surface area contributed by atoms with Crippen molar-refractivity contribution in [1.82, 2.24) is 100 Å². The standard InChI is InChI=1S/C90H127N25O25S/c1-45(2)30-58-78(130)102-57(13-8-28-98-90(95)96)77(129)110-65(39-116)84(136)108-63(35-50-37-99-55-11-6-5-10-54(50)55)83(135)105-59(31-46(3)4)79(131)111-66(40-117)86(138)112-67(41-118)87(139)114-69(74(92)126)43-141-44-72(124)101-60(32-47-15-21-51(120)22-16-47)80(132)109-64(36-71(91)123)75(127)100-38-73(125)115-29-9-14-70(115)88(140)113-68(42-119)85(137)107-62(34-49-19-25-53(122)26-20-49)82(134)106-61(33-48-17-23-52(121)24-18-48)81(133)103-56(76(128)104-58)12-7-27-97-89(93)94/h5-6,10-11,15-26,37,45-46,56-70,99,116-122H,7-9,12-14,27-36,38-44H2,1-4H3,(H2,91,123)(H2,92,126)(H,100,127)(H,101,124)(H,102,130)(H,103,133)(H,104,128)(H,105,135)(H,106,134)(H,107,137)(H,108,136)(H,109,132)(H,110,129)(H,111,131)(H,112,138)(H,113,140)(H,114,139)(H4,93,94,97)(H4,95,96,98)/t56-,57-,58-,59-,60+,61-,62-,63-,64-,65-,66-,67-,68-,69-,70-/m0/s1. The van der Waals surface area contributed by atoms with Crippen LogP contribution in [0.5, 0.6) is 17.2 Å². The molecule has 15 atom stereocenters. The number of fused-ring (bicyclic) bond motifs is 2. The van der Waals surface area contributed by atoms with Crippen molar-refractivity contribution < 1.29 is 122 Å². The van der Waals surface area contributed by atoms with Crippen molar-refractivity contribution >= 4 is 141 Å². The summed E-state index contributed by atoms with van der Waals surface area (Å²) in [5.74, 6) is -23.8. The molecular formula is C90H127N25O25S. The SMILES string of the molecule is CC(C)C[C@@H]1NC(=O)[C@H](Cc2c[nH]c3ccccc23)NC(=O)[C@H](CO)NC(=O)[C@H](CCCNC(=N)N)NC(=O)[C@H](CC(C)C)NC(=O)[C@H](CCCNC(=N)N)NC(=O)[C@H](Cc2ccc(O)cc2)NC(=O)[C@H](Cc2ccc(O)cc2)NC(=O)[C@H](CO)NC(=O)[C@@H]2CCCN2C(=O)CNC(=O)[C@H](CC(N)=O)NC(=O)[C@@H](Cc2ccc(O)cc2)NC(=O)CSC[C@@H](C(N)=O)NC(=O)[C@H](CO)NC(=O)[C@H](CO)NC1=O. The van der Waals surface area contributed by atoms with E-state index in [-0.39, 0.29) is 112 Å². The first-order chi connectivity index (χ1) is 67.0. The Morgan fingerprint density at radius 2 is 0.773 bits per heavy atom. The highest BCUT2D eigenvalue weighted by Gasteiger charge is 2.42. The highest BCUT2D eigenvalue weighted by atomic mass is 32.2. The van der Waals surface area contributed by atoms with Gasteiger partial charge in [-0.1, -0.05) is 82.3 Å². The number of nitrogens with one attached hydrogen (secondary N) is 20.